The molecule has 0 bridgehead atoms. The molecule has 0 spiro atoms. The van der Waals surface area contributed by atoms with Crippen LogP contribution >= 0.6 is 11.6 Å². The summed E-state index contributed by atoms with van der Waals surface area (Å²) in [5.74, 6) is 1.98. The summed E-state index contributed by atoms with van der Waals surface area (Å²) in [5, 5.41) is 4.14. The second kappa shape index (κ2) is 7.16. The Balaban J connectivity index is 1.93. The minimum absolute atomic E-state index is 0.550. The van der Waals surface area contributed by atoms with Gasteiger partial charge in [0.2, 0.25) is 0 Å². The molecule has 1 aliphatic heterocycles. The highest BCUT2D eigenvalue weighted by atomic mass is 35.5. The highest BCUT2D eigenvalue weighted by molar-refractivity contribution is 6.32. The number of halogens is 1. The van der Waals surface area contributed by atoms with Crippen molar-refractivity contribution >= 4 is 11.6 Å². The molecule has 19 heavy (non-hydrogen) atoms. The number of hydrogen-bond donors (Lipinski definition) is 1. The first kappa shape index (κ1) is 14.7. The van der Waals surface area contributed by atoms with Gasteiger partial charge in [0.15, 0.2) is 0 Å². The van der Waals surface area contributed by atoms with E-state index in [-0.39, 0.29) is 0 Å². The van der Waals surface area contributed by atoms with Gasteiger partial charge in [-0.15, -0.1) is 0 Å². The fourth-order valence-electron chi connectivity index (χ4n) is 2.45. The van der Waals surface area contributed by atoms with Crippen LogP contribution in [0.3, 0.4) is 0 Å². The van der Waals surface area contributed by atoms with Gasteiger partial charge >= 0.3 is 0 Å². The molecule has 1 fully saturated rings. The van der Waals surface area contributed by atoms with Crippen LogP contribution in [0.15, 0.2) is 18.2 Å². The number of piperidine rings is 1. The highest BCUT2D eigenvalue weighted by Gasteiger charge is 2.14. The third-order valence-electron chi connectivity index (χ3n) is 4.01. The SMILES string of the molecule is CCC(C)c1ccc(OCC2CCCNC2)c(Cl)c1. The van der Waals surface area contributed by atoms with Crippen molar-refractivity contribution in [2.75, 3.05) is 19.7 Å². The van der Waals surface area contributed by atoms with Crippen molar-refractivity contribution in [3.63, 3.8) is 0 Å². The molecule has 3 heteroatoms. The molecule has 106 valence electrons. The summed E-state index contributed by atoms with van der Waals surface area (Å²) in [4.78, 5) is 0. The Morgan fingerprint density at radius 3 is 2.95 bits per heavy atom. The molecule has 1 N–H and O–H groups in total. The molecular weight excluding hydrogens is 258 g/mol. The molecule has 2 unspecified atom stereocenters. The average molecular weight is 282 g/mol. The van der Waals surface area contributed by atoms with E-state index in [4.69, 9.17) is 16.3 Å². The van der Waals surface area contributed by atoms with E-state index >= 15 is 0 Å². The zero-order valence-corrected chi connectivity index (χ0v) is 12.7. The van der Waals surface area contributed by atoms with E-state index in [1.54, 1.807) is 0 Å². The number of ether oxygens (including phenoxy) is 1. The quantitative estimate of drug-likeness (QED) is 0.872. The highest BCUT2D eigenvalue weighted by Crippen LogP contribution is 2.30. The van der Waals surface area contributed by atoms with Gasteiger partial charge in [-0.25, -0.2) is 0 Å². The lowest BCUT2D eigenvalue weighted by molar-refractivity contribution is 0.218. The van der Waals surface area contributed by atoms with Crippen LogP contribution in [-0.4, -0.2) is 19.7 Å². The summed E-state index contributed by atoms with van der Waals surface area (Å²) in [6, 6.07) is 6.19. The molecule has 2 nitrogen and oxygen atoms in total. The summed E-state index contributed by atoms with van der Waals surface area (Å²) in [5.41, 5.74) is 1.29. The molecular formula is C16H24ClNO. The van der Waals surface area contributed by atoms with E-state index in [1.165, 1.54) is 18.4 Å². The van der Waals surface area contributed by atoms with E-state index in [1.807, 2.05) is 12.1 Å². The monoisotopic (exact) mass is 281 g/mol. The first-order chi connectivity index (χ1) is 9.20. The molecule has 0 saturated carbocycles. The lowest BCUT2D eigenvalue weighted by Gasteiger charge is -2.23. The molecule has 1 aliphatic rings. The third-order valence-corrected chi connectivity index (χ3v) is 4.31. The fourth-order valence-corrected chi connectivity index (χ4v) is 2.69. The van der Waals surface area contributed by atoms with E-state index in [0.29, 0.717) is 11.8 Å². The predicted molar refractivity (Wildman–Crippen MR) is 81.2 cm³/mol. The van der Waals surface area contributed by atoms with Crippen molar-refractivity contribution < 1.29 is 4.74 Å². The van der Waals surface area contributed by atoms with Gasteiger partial charge in [0.25, 0.3) is 0 Å². The van der Waals surface area contributed by atoms with Gasteiger partial charge in [-0.1, -0.05) is 31.5 Å². The maximum Gasteiger partial charge on any atom is 0.137 e. The number of benzene rings is 1. The van der Waals surface area contributed by atoms with Gasteiger partial charge in [0.1, 0.15) is 5.75 Å². The topological polar surface area (TPSA) is 21.3 Å². The van der Waals surface area contributed by atoms with Crippen LogP contribution < -0.4 is 10.1 Å². The molecule has 1 aromatic rings. The second-order valence-corrected chi connectivity index (χ2v) is 5.93. The molecule has 0 aromatic heterocycles. The molecule has 2 rings (SSSR count). The van der Waals surface area contributed by atoms with Gasteiger partial charge in [-0.05, 0) is 49.4 Å². The van der Waals surface area contributed by atoms with Crippen LogP contribution in [0.1, 0.15) is 44.6 Å². The Hall–Kier alpha value is -0.730. The standard InChI is InChI=1S/C16H24ClNO/c1-3-12(2)14-6-7-16(15(17)9-14)19-11-13-5-4-8-18-10-13/h6-7,9,12-13,18H,3-5,8,10-11H2,1-2H3. The van der Waals surface area contributed by atoms with E-state index in [2.05, 4.69) is 25.2 Å². The molecule has 0 radical (unpaired) electrons. The summed E-state index contributed by atoms with van der Waals surface area (Å²) in [6.45, 7) is 7.37. The second-order valence-electron chi connectivity index (χ2n) is 5.52. The normalized spacial score (nSPS) is 21.1. The minimum Gasteiger partial charge on any atom is -0.492 e. The number of hydrogen-bond acceptors (Lipinski definition) is 2. The van der Waals surface area contributed by atoms with Gasteiger partial charge in [-0.3, -0.25) is 0 Å². The lowest BCUT2D eigenvalue weighted by atomic mass is 9.98. The van der Waals surface area contributed by atoms with Crippen molar-refractivity contribution in [2.24, 2.45) is 5.92 Å². The molecule has 2 atom stereocenters. The van der Waals surface area contributed by atoms with E-state index in [9.17, 15) is 0 Å². The van der Waals surface area contributed by atoms with Crippen LogP contribution in [0.25, 0.3) is 0 Å². The zero-order chi connectivity index (χ0) is 13.7. The molecule has 1 saturated heterocycles. The maximum absolute atomic E-state index is 6.31. The van der Waals surface area contributed by atoms with Gasteiger partial charge < -0.3 is 10.1 Å². The Morgan fingerprint density at radius 2 is 2.32 bits per heavy atom. The van der Waals surface area contributed by atoms with Crippen LogP contribution in [0.2, 0.25) is 5.02 Å². The maximum atomic E-state index is 6.31. The summed E-state index contributed by atoms with van der Waals surface area (Å²) >= 11 is 6.31. The third kappa shape index (κ3) is 4.12. The van der Waals surface area contributed by atoms with Crippen LogP contribution in [0.5, 0.6) is 5.75 Å². The molecule has 1 aromatic carbocycles. The molecule has 0 amide bonds. The zero-order valence-electron chi connectivity index (χ0n) is 11.9. The van der Waals surface area contributed by atoms with Gasteiger partial charge in [0.05, 0.1) is 11.6 Å². The fraction of sp³-hybridized carbons (Fsp3) is 0.625. The number of nitrogens with one attached hydrogen (secondary N) is 1. The van der Waals surface area contributed by atoms with Crippen LogP contribution in [0, 0.1) is 5.92 Å². The largest absolute Gasteiger partial charge is 0.492 e. The summed E-state index contributed by atoms with van der Waals surface area (Å²) in [6.07, 6.45) is 3.62. The van der Waals surface area contributed by atoms with Crippen molar-refractivity contribution in [3.05, 3.63) is 28.8 Å². The Bertz CT molecular complexity index is 402. The Morgan fingerprint density at radius 1 is 1.47 bits per heavy atom. The van der Waals surface area contributed by atoms with Crippen LogP contribution in [-0.2, 0) is 0 Å². The van der Waals surface area contributed by atoms with Crippen molar-refractivity contribution in [3.8, 4) is 5.75 Å². The van der Waals surface area contributed by atoms with Crippen LogP contribution in [0.4, 0.5) is 0 Å². The average Bonchev–Trinajstić information content (AvgIpc) is 2.46. The van der Waals surface area contributed by atoms with E-state index < -0.39 is 0 Å². The summed E-state index contributed by atoms with van der Waals surface area (Å²) in [7, 11) is 0. The molecule has 1 heterocycles. The Kier molecular flexibility index (Phi) is 5.53. The Labute approximate surface area is 121 Å². The number of rotatable bonds is 5. The smallest absolute Gasteiger partial charge is 0.137 e. The molecule has 0 aliphatic carbocycles. The van der Waals surface area contributed by atoms with Crippen molar-refractivity contribution in [1.82, 2.24) is 5.32 Å². The van der Waals surface area contributed by atoms with Crippen molar-refractivity contribution in [2.45, 2.75) is 39.0 Å². The predicted octanol–water partition coefficient (Wildman–Crippen LogP) is 4.23. The van der Waals surface area contributed by atoms with E-state index in [0.717, 1.165) is 36.9 Å². The first-order valence-electron chi connectivity index (χ1n) is 7.33. The van der Waals surface area contributed by atoms with Crippen molar-refractivity contribution in [1.29, 1.82) is 0 Å². The van der Waals surface area contributed by atoms with Gasteiger partial charge in [0, 0.05) is 12.5 Å². The minimum atomic E-state index is 0.550. The van der Waals surface area contributed by atoms with Gasteiger partial charge in [-0.2, -0.15) is 0 Å². The summed E-state index contributed by atoms with van der Waals surface area (Å²) < 4.78 is 5.87. The lowest BCUT2D eigenvalue weighted by Crippen LogP contribution is -2.33. The first-order valence-corrected chi connectivity index (χ1v) is 7.71.